The predicted octanol–water partition coefficient (Wildman–Crippen LogP) is 12.4. The number of rotatable bonds is 9. The normalized spacial score (nSPS) is 18.2. The Morgan fingerprint density at radius 3 is 1.46 bits per heavy atom. The van der Waals surface area contributed by atoms with Crippen LogP contribution in [-0.2, 0) is 18.8 Å². The molecule has 3 N–H and O–H groups in total. The van der Waals surface area contributed by atoms with Gasteiger partial charge in [0, 0.05) is 104 Å². The largest absolute Gasteiger partial charge is 0.492 e. The number of hydrogen-bond acceptors (Lipinski definition) is 23. The minimum Gasteiger partial charge on any atom is -0.444 e. The molecule has 0 spiro atoms. The van der Waals surface area contributed by atoms with Crippen molar-refractivity contribution >= 4 is 76.7 Å². The summed E-state index contributed by atoms with van der Waals surface area (Å²) in [7, 11) is 3.80. The van der Waals surface area contributed by atoms with Gasteiger partial charge in [0.05, 0.1) is 17.7 Å². The van der Waals surface area contributed by atoms with Gasteiger partial charge in [-0.15, -0.1) is 0 Å². The van der Waals surface area contributed by atoms with Crippen LogP contribution in [0.3, 0.4) is 0 Å². The van der Waals surface area contributed by atoms with Gasteiger partial charge in [-0.25, -0.2) is 14.6 Å². The van der Waals surface area contributed by atoms with Crippen LogP contribution >= 0.6 is 11.6 Å². The Bertz CT molecular complexity index is 3750. The molecule has 1 unspecified atom stereocenters. The molecule has 532 valence electrons. The van der Waals surface area contributed by atoms with E-state index in [1.807, 2.05) is 101 Å². The van der Waals surface area contributed by atoms with E-state index in [9.17, 15) is 50.0 Å². The summed E-state index contributed by atoms with van der Waals surface area (Å²) in [4.78, 5) is 92.0. The van der Waals surface area contributed by atoms with Crippen molar-refractivity contribution in [3.8, 4) is 0 Å². The maximum atomic E-state index is 12.2. The molecule has 5 aromatic rings. The number of nitrogens with zero attached hydrogens (tertiary/aromatic N) is 13. The summed E-state index contributed by atoms with van der Waals surface area (Å²) in [6.45, 7) is 27.1. The number of likely N-dealkylation sites (tertiary alicyclic amines) is 1. The summed E-state index contributed by atoms with van der Waals surface area (Å²) in [5.41, 5.74) is 10.9. The lowest BCUT2D eigenvalue weighted by molar-refractivity contribution is -0.389. The summed E-state index contributed by atoms with van der Waals surface area (Å²) in [6, 6.07) is 24.6. The Balaban J connectivity index is 0.000000190. The smallest absolute Gasteiger partial charge is 0.444 e. The van der Waals surface area contributed by atoms with Gasteiger partial charge in [0.25, 0.3) is 0 Å². The van der Waals surface area contributed by atoms with E-state index in [1.54, 1.807) is 40.1 Å². The number of hydrogen-bond donors (Lipinski definition) is 2. The van der Waals surface area contributed by atoms with Crippen LogP contribution in [0, 0.1) is 40.5 Å². The monoisotopic (exact) mass is 1390 g/mol. The number of nitrogens with two attached hydrogens (primary N) is 1. The molecule has 2 amide bonds. The van der Waals surface area contributed by atoms with Gasteiger partial charge in [-0.3, -0.25) is 0 Å². The molecule has 0 radical (unpaired) electrons. The number of aromatic nitrogens is 5. The summed E-state index contributed by atoms with van der Waals surface area (Å²) in [6.07, 6.45) is 13.4. The molecule has 5 aromatic heterocycles. The molecule has 6 aliphatic heterocycles. The lowest BCUT2D eigenvalue weighted by atomic mass is 9.76. The Labute approximate surface area is 582 Å². The standard InChI is InChI=1S/C16H28BNO4.C15H19N3O4.C11H13N3O2.C11H17N3.C10H11N3O2.C5H3ClN2O2/c1-14(2,3)20-13(19)18-10-8-9-12(11-18)17-21-15(4,5)16(6,7)22-17;1-15(2,3)22-14(19)17-9-5-6-11(10-17)12-7-4-8-13(16-12)18(20)21;1-13-7-3-4-9(8-13)10-5-2-6-11(12-10)14(15)16;1-14-7-3-4-9(8-14)10-5-2-6-11(12)13-10;14-13(15)10-5-1-4-9(12-10)8-3-2-6-11-7-8;6-4-2-1-3-5(7-4)8(9)10/h9H,8,10-11H2,1-7H3;4,6-8H,5,9-10H2,1-3H3;2,4-6H,3,7-8H2,1H3;2,5-6,9H,3-4,7-8H2,1H3,(H2,12,13);1,3-5,11H,2,6-7H2;1-3H. The molecule has 11 rings (SSSR count). The lowest BCUT2D eigenvalue weighted by Crippen LogP contribution is -2.42. The molecule has 0 saturated carbocycles. The van der Waals surface area contributed by atoms with Crippen molar-refractivity contribution in [1.82, 2.24) is 49.8 Å². The quantitative estimate of drug-likeness (QED) is 0.0599. The van der Waals surface area contributed by atoms with Gasteiger partial charge in [-0.1, -0.05) is 30.4 Å². The SMILES string of the molecule is CC(C)(C)OC(=O)N1CCC=C(B2OC(C)(C)C(C)(C)O2)C1.CC(C)(C)OC(=O)N1CCC=C(c2cccc([N+](=O)[O-])n2)C1.CN1CCC=C(c2cccc([N+](=O)[O-])n2)C1.CN1CCCC(c2cccc(N)n2)C1.O=[N+]([O-])c1cccc(C2=CCCNC2)n1.O=[N+]([O-])c1cccc(Cl)n1. The van der Waals surface area contributed by atoms with Gasteiger partial charge >= 0.3 is 42.6 Å². The average Bonchev–Trinajstić information content (AvgIpc) is 1.63. The van der Waals surface area contributed by atoms with Crippen molar-refractivity contribution in [1.29, 1.82) is 0 Å². The maximum Gasteiger partial charge on any atom is 0.492 e. The Hall–Kier alpha value is -9.20. The van der Waals surface area contributed by atoms with Crippen LogP contribution < -0.4 is 11.1 Å². The molecule has 11 heterocycles. The summed E-state index contributed by atoms with van der Waals surface area (Å²) < 4.78 is 22.9. The highest BCUT2D eigenvalue weighted by Crippen LogP contribution is 2.39. The number of nitrogen functional groups attached to an aromatic ring is 1. The molecule has 29 nitrogen and oxygen atoms in total. The van der Waals surface area contributed by atoms with Crippen LogP contribution in [0.2, 0.25) is 5.15 Å². The average molecular weight is 1390 g/mol. The Morgan fingerprint density at radius 1 is 0.576 bits per heavy atom. The number of anilines is 1. The number of likely N-dealkylation sites (N-methyl/N-ethyl adjacent to an activating group) is 2. The summed E-state index contributed by atoms with van der Waals surface area (Å²) in [5.74, 6) is 0.582. The number of piperidine rings is 1. The zero-order chi connectivity index (χ0) is 72.8. The van der Waals surface area contributed by atoms with Crippen molar-refractivity contribution < 1.29 is 48.1 Å². The third kappa shape index (κ3) is 25.6. The minimum atomic E-state index is -0.591. The fourth-order valence-corrected chi connectivity index (χ4v) is 10.6. The molecule has 0 aliphatic carbocycles. The third-order valence-corrected chi connectivity index (χ3v) is 16.2. The molecule has 0 bridgehead atoms. The zero-order valence-corrected chi connectivity index (χ0v) is 59.2. The fraction of sp³-hybridized carbons (Fsp3) is 0.485. The molecular formula is C68H91BClN15O14. The van der Waals surface area contributed by atoms with Crippen LogP contribution in [0.5, 0.6) is 0 Å². The Kier molecular flexibility index (Phi) is 28.7. The molecule has 1 atom stereocenters. The molecule has 6 aliphatic rings. The fourth-order valence-electron chi connectivity index (χ4n) is 10.5. The lowest BCUT2D eigenvalue weighted by Gasteiger charge is -2.32. The van der Waals surface area contributed by atoms with Gasteiger partial charge < -0.3 is 89.9 Å². The van der Waals surface area contributed by atoms with Gasteiger partial charge in [-0.2, -0.15) is 0 Å². The van der Waals surface area contributed by atoms with Gasteiger partial charge in [0.15, 0.2) is 17.1 Å². The highest BCUT2D eigenvalue weighted by molar-refractivity contribution is 6.54. The number of pyridine rings is 5. The van der Waals surface area contributed by atoms with Crippen molar-refractivity contribution in [3.05, 3.63) is 189 Å². The summed E-state index contributed by atoms with van der Waals surface area (Å²) >= 11 is 5.37. The second-order valence-corrected chi connectivity index (χ2v) is 27.4. The van der Waals surface area contributed by atoms with Crippen molar-refractivity contribution in [3.63, 3.8) is 0 Å². The van der Waals surface area contributed by atoms with Crippen LogP contribution in [-0.4, -0.2) is 185 Å². The van der Waals surface area contributed by atoms with Gasteiger partial charge in [0.2, 0.25) is 5.15 Å². The first-order valence-electron chi connectivity index (χ1n) is 32.6. The molecule has 31 heteroatoms. The number of nitro groups is 4. The summed E-state index contributed by atoms with van der Waals surface area (Å²) in [5, 5.41) is 45.3. The third-order valence-electron chi connectivity index (χ3n) is 16.0. The van der Waals surface area contributed by atoms with Crippen LogP contribution in [0.25, 0.3) is 16.7 Å². The van der Waals surface area contributed by atoms with E-state index in [0.717, 1.165) is 79.9 Å². The van der Waals surface area contributed by atoms with Crippen LogP contribution in [0.15, 0.2) is 121 Å². The van der Waals surface area contributed by atoms with Crippen molar-refractivity contribution in [2.75, 3.05) is 85.3 Å². The second kappa shape index (κ2) is 36.1. The second-order valence-electron chi connectivity index (χ2n) is 27.0. The number of halogens is 1. The van der Waals surface area contributed by atoms with Crippen molar-refractivity contribution in [2.45, 2.75) is 136 Å². The Morgan fingerprint density at radius 2 is 1.02 bits per heavy atom. The highest BCUT2D eigenvalue weighted by Gasteiger charge is 2.53. The first-order valence-corrected chi connectivity index (χ1v) is 32.9. The van der Waals surface area contributed by atoms with E-state index in [4.69, 9.17) is 36.1 Å². The van der Waals surface area contributed by atoms with E-state index in [-0.39, 0.29) is 51.8 Å². The molecule has 0 aromatic carbocycles. The first-order chi connectivity index (χ1) is 46.6. The van der Waals surface area contributed by atoms with Gasteiger partial charge in [0.1, 0.15) is 17.0 Å². The predicted molar refractivity (Wildman–Crippen MR) is 379 cm³/mol. The van der Waals surface area contributed by atoms with E-state index in [1.165, 1.54) is 55.8 Å². The number of amides is 2. The van der Waals surface area contributed by atoms with Gasteiger partial charge in [-0.05, 0) is 246 Å². The number of carbonyl (C=O) groups excluding carboxylic acids is 2. The number of nitrogens with one attached hydrogen (secondary N) is 1. The first kappa shape index (κ1) is 78.8. The minimum absolute atomic E-state index is 0.0911. The molecule has 2 saturated heterocycles. The van der Waals surface area contributed by atoms with E-state index in [2.05, 4.69) is 71.4 Å². The van der Waals surface area contributed by atoms with Crippen molar-refractivity contribution in [2.24, 2.45) is 0 Å². The van der Waals surface area contributed by atoms with E-state index >= 15 is 0 Å². The highest BCUT2D eigenvalue weighted by atomic mass is 35.5. The zero-order valence-electron chi connectivity index (χ0n) is 58.4. The number of carbonyl (C=O) groups is 2. The maximum absolute atomic E-state index is 12.2. The molecule has 2 fully saturated rings. The molecular weight excluding hydrogens is 1300 g/mol. The van der Waals surface area contributed by atoms with Crippen LogP contribution in [0.1, 0.15) is 136 Å². The van der Waals surface area contributed by atoms with E-state index in [0.29, 0.717) is 61.4 Å². The molecule has 99 heavy (non-hydrogen) atoms. The van der Waals surface area contributed by atoms with E-state index < -0.39 is 38.0 Å². The number of ether oxygens (including phenoxy) is 2. The van der Waals surface area contributed by atoms with Crippen LogP contribution in [0.4, 0.5) is 38.7 Å². The topological polar surface area (TPSA) is 359 Å².